The highest BCUT2D eigenvalue weighted by molar-refractivity contribution is 9.11. The molecule has 12 nitrogen and oxygen atoms in total. The van der Waals surface area contributed by atoms with Crippen LogP contribution in [0.3, 0.4) is 0 Å². The summed E-state index contributed by atoms with van der Waals surface area (Å²) in [6.07, 6.45) is 6.66. The zero-order valence-electron chi connectivity index (χ0n) is 29.0. The summed E-state index contributed by atoms with van der Waals surface area (Å²) in [5.41, 5.74) is -0.639. The Morgan fingerprint density at radius 1 is 0.940 bits per heavy atom. The number of fused-ring (bicyclic) bond motifs is 2. The quantitative estimate of drug-likeness (QED) is 0.230. The smallest absolute Gasteiger partial charge is 0.313 e. The second kappa shape index (κ2) is 16.1. The first-order chi connectivity index (χ1) is 24.2. The van der Waals surface area contributed by atoms with Gasteiger partial charge in [-0.25, -0.2) is 0 Å². The normalized spacial score (nSPS) is 33.1. The summed E-state index contributed by atoms with van der Waals surface area (Å²) in [6.45, 7) is 6.35. The number of rotatable bonds is 9. The number of ether oxygens (including phenoxy) is 3. The number of hydrogen-bond acceptors (Lipinski definition) is 9. The number of allylic oxidation sites excluding steroid dienone is 1. The molecule has 5 heterocycles. The van der Waals surface area contributed by atoms with E-state index in [9.17, 15) is 24.3 Å². The molecule has 5 bridgehead atoms. The summed E-state index contributed by atoms with van der Waals surface area (Å²) in [4.78, 5) is 64.6. The molecule has 1 spiro atoms. The number of carbonyl (C=O) groups excluding carboxylic acids is 4. The Labute approximate surface area is 302 Å². The first kappa shape index (κ1) is 36.7. The van der Waals surface area contributed by atoms with E-state index in [0.29, 0.717) is 69.6 Å². The molecule has 0 saturated carbocycles. The van der Waals surface area contributed by atoms with Crippen molar-refractivity contribution in [2.75, 3.05) is 66.1 Å². The lowest BCUT2D eigenvalue weighted by molar-refractivity contribution is -0.164. The Bertz CT molecular complexity index is 1470. The third-order valence-electron chi connectivity index (χ3n) is 10.9. The van der Waals surface area contributed by atoms with Gasteiger partial charge in [0.1, 0.15) is 29.8 Å². The van der Waals surface area contributed by atoms with Gasteiger partial charge in [0.2, 0.25) is 17.7 Å². The fraction of sp³-hybridized carbons (Fsp3) is 0.622. The maximum Gasteiger partial charge on any atom is 0.313 e. The fourth-order valence-corrected chi connectivity index (χ4v) is 8.79. The van der Waals surface area contributed by atoms with Crippen LogP contribution in [0, 0.1) is 11.8 Å². The summed E-state index contributed by atoms with van der Waals surface area (Å²) in [5.74, 6) is -3.23. The molecule has 3 fully saturated rings. The van der Waals surface area contributed by atoms with Gasteiger partial charge in [0.05, 0.1) is 25.2 Å². The number of amides is 3. The molecule has 1 aromatic rings. The highest BCUT2D eigenvalue weighted by atomic mass is 79.9. The maximum atomic E-state index is 14.9. The predicted octanol–water partition coefficient (Wildman–Crippen LogP) is 2.66. The number of morpholine rings is 1. The first-order valence-electron chi connectivity index (χ1n) is 17.9. The number of cyclic esters (lactones) is 1. The van der Waals surface area contributed by atoms with Gasteiger partial charge in [0, 0.05) is 63.8 Å². The summed E-state index contributed by atoms with van der Waals surface area (Å²) in [7, 11) is 1.72. The second-order valence-electron chi connectivity index (χ2n) is 13.9. The van der Waals surface area contributed by atoms with Crippen LogP contribution >= 0.6 is 15.9 Å². The van der Waals surface area contributed by atoms with Gasteiger partial charge in [-0.05, 0) is 44.2 Å². The van der Waals surface area contributed by atoms with E-state index in [0.717, 1.165) is 18.7 Å². The molecule has 5 aliphatic heterocycles. The van der Waals surface area contributed by atoms with Crippen LogP contribution in [-0.2, 0) is 33.4 Å². The average molecular weight is 758 g/mol. The molecule has 0 unspecified atom stereocenters. The van der Waals surface area contributed by atoms with Crippen molar-refractivity contribution in [1.82, 2.24) is 19.6 Å². The number of aliphatic hydroxyl groups excluding tert-OH is 1. The molecule has 3 amide bonds. The minimum absolute atomic E-state index is 0.0424. The van der Waals surface area contributed by atoms with Crippen LogP contribution in [0.25, 0.3) is 0 Å². The van der Waals surface area contributed by atoms with Crippen LogP contribution < -0.4 is 0 Å². The number of benzene rings is 1. The third-order valence-corrected chi connectivity index (χ3v) is 11.6. The van der Waals surface area contributed by atoms with Gasteiger partial charge in [-0.2, -0.15) is 0 Å². The number of unbranched alkanes of at least 4 members (excludes halogenated alkanes) is 2. The number of hydrogen-bond donors (Lipinski definition) is 1. The lowest BCUT2D eigenvalue weighted by atomic mass is 9.74. The number of nitrogens with zero attached hydrogens (tertiary/aromatic N) is 4. The second-order valence-corrected chi connectivity index (χ2v) is 14.8. The van der Waals surface area contributed by atoms with E-state index in [-0.39, 0.29) is 30.7 Å². The van der Waals surface area contributed by atoms with Crippen molar-refractivity contribution in [3.63, 3.8) is 0 Å². The van der Waals surface area contributed by atoms with Gasteiger partial charge >= 0.3 is 5.97 Å². The largest absolute Gasteiger partial charge is 0.455 e. The standard InChI is InChI=1S/C37H49BrN4O8/c1-25-31(26-12-6-3-7-13-26)49-36(47)29-30-34(45)42(16-10-5-11-21-43)33(37(30)24-27(38)32(29)50-37)35(46)41(18-17-40-19-22-48-23-20-40)15-9-4-8-14-28(44)39(25)2/h3-4,6-7,9,12-13,24-25,29-33,43H,5,8,10-11,14-23H2,1-2H3/b9-4-/t25-,29+,30-,31+,32+,33+,37-/m0/s1. The topological polar surface area (TPSA) is 129 Å². The van der Waals surface area contributed by atoms with Gasteiger partial charge in [-0.1, -0.05) is 58.4 Å². The highest BCUT2D eigenvalue weighted by Gasteiger charge is 2.75. The number of esters is 1. The van der Waals surface area contributed by atoms with E-state index < -0.39 is 47.7 Å². The molecule has 1 aromatic carbocycles. The zero-order valence-corrected chi connectivity index (χ0v) is 30.5. The molecule has 5 aliphatic rings. The molecule has 6 rings (SSSR count). The van der Waals surface area contributed by atoms with Crippen molar-refractivity contribution in [3.8, 4) is 0 Å². The van der Waals surface area contributed by atoms with E-state index in [1.165, 1.54) is 0 Å². The molecule has 13 heteroatoms. The third kappa shape index (κ3) is 7.16. The fourth-order valence-electron chi connectivity index (χ4n) is 8.05. The van der Waals surface area contributed by atoms with Crippen molar-refractivity contribution < 1.29 is 38.5 Å². The molecule has 0 radical (unpaired) electrons. The van der Waals surface area contributed by atoms with Crippen LogP contribution in [0.15, 0.2) is 53.0 Å². The van der Waals surface area contributed by atoms with Crippen molar-refractivity contribution in [1.29, 1.82) is 0 Å². The lowest BCUT2D eigenvalue weighted by Gasteiger charge is -2.37. The predicted molar refractivity (Wildman–Crippen MR) is 188 cm³/mol. The molecule has 3 saturated heterocycles. The first-order valence-corrected chi connectivity index (χ1v) is 18.7. The number of aliphatic hydroxyl groups is 1. The molecule has 0 aromatic heterocycles. The van der Waals surface area contributed by atoms with Crippen molar-refractivity contribution in [3.05, 3.63) is 58.6 Å². The van der Waals surface area contributed by atoms with Gasteiger partial charge in [-0.3, -0.25) is 24.1 Å². The summed E-state index contributed by atoms with van der Waals surface area (Å²) >= 11 is 3.64. The molecule has 7 atom stereocenters. The van der Waals surface area contributed by atoms with E-state index in [2.05, 4.69) is 20.8 Å². The SMILES string of the molecule is C[C@H]1[C@H](c2ccccc2)OC(=O)[C@H]2[C@@H]3O[C@@]4(C=C3Br)[C@@H]2C(=O)N(CCCCCO)[C@@H]4C(=O)N(CCN2CCOCC2)C/C=C\CCC(=O)N1C. The van der Waals surface area contributed by atoms with Crippen molar-refractivity contribution in [2.24, 2.45) is 11.8 Å². The number of likely N-dealkylation sites (tertiary alicyclic amines) is 1. The van der Waals surface area contributed by atoms with Crippen LogP contribution in [-0.4, -0.2) is 138 Å². The minimum atomic E-state index is -1.37. The molecular weight excluding hydrogens is 708 g/mol. The summed E-state index contributed by atoms with van der Waals surface area (Å²) < 4.78 is 19.2. The van der Waals surface area contributed by atoms with E-state index in [1.54, 1.807) is 21.7 Å². The number of halogens is 1. The van der Waals surface area contributed by atoms with Gasteiger partial charge in [0.15, 0.2) is 0 Å². The Hall–Kier alpha value is -3.10. The minimum Gasteiger partial charge on any atom is -0.455 e. The monoisotopic (exact) mass is 756 g/mol. The van der Waals surface area contributed by atoms with Crippen LogP contribution in [0.5, 0.6) is 0 Å². The maximum absolute atomic E-state index is 14.9. The highest BCUT2D eigenvalue weighted by Crippen LogP contribution is 2.59. The Morgan fingerprint density at radius 3 is 2.44 bits per heavy atom. The van der Waals surface area contributed by atoms with Crippen molar-refractivity contribution in [2.45, 2.75) is 68.9 Å². The summed E-state index contributed by atoms with van der Waals surface area (Å²) in [5, 5.41) is 9.41. The zero-order chi connectivity index (χ0) is 35.4. The van der Waals surface area contributed by atoms with E-state index in [4.69, 9.17) is 14.2 Å². The Kier molecular flexibility index (Phi) is 11.8. The number of likely N-dealkylation sites (N-methyl/N-ethyl adjacent to an activating group) is 1. The number of carbonyl (C=O) groups is 4. The van der Waals surface area contributed by atoms with Crippen LogP contribution in [0.2, 0.25) is 0 Å². The Morgan fingerprint density at radius 2 is 1.70 bits per heavy atom. The Balaban J connectivity index is 1.39. The van der Waals surface area contributed by atoms with E-state index in [1.807, 2.05) is 55.5 Å². The van der Waals surface area contributed by atoms with Gasteiger partial charge in [0.25, 0.3) is 0 Å². The molecular formula is C37H49BrN4O8. The molecule has 1 N–H and O–H groups in total. The van der Waals surface area contributed by atoms with Gasteiger partial charge in [-0.15, -0.1) is 0 Å². The molecule has 50 heavy (non-hydrogen) atoms. The molecule has 272 valence electrons. The molecule has 0 aliphatic carbocycles. The van der Waals surface area contributed by atoms with E-state index >= 15 is 0 Å². The van der Waals surface area contributed by atoms with Crippen molar-refractivity contribution >= 4 is 39.6 Å². The van der Waals surface area contributed by atoms with Gasteiger partial charge < -0.3 is 34.0 Å². The van der Waals surface area contributed by atoms with Crippen LogP contribution in [0.4, 0.5) is 0 Å². The van der Waals surface area contributed by atoms with Crippen LogP contribution in [0.1, 0.15) is 50.7 Å². The average Bonchev–Trinajstić information content (AvgIpc) is 3.72. The lowest BCUT2D eigenvalue weighted by Crippen LogP contribution is -2.57. The summed E-state index contributed by atoms with van der Waals surface area (Å²) in [6, 6.07) is 7.82.